The van der Waals surface area contributed by atoms with Crippen LogP contribution in [0.25, 0.3) is 11.2 Å². The van der Waals surface area contributed by atoms with Gasteiger partial charge in [0.15, 0.2) is 17.0 Å². The lowest BCUT2D eigenvalue weighted by molar-refractivity contribution is 0.470. The maximum Gasteiger partial charge on any atom is 0.312 e. The van der Waals surface area contributed by atoms with Gasteiger partial charge in [-0.3, -0.25) is 0 Å². The summed E-state index contributed by atoms with van der Waals surface area (Å²) in [5, 5.41) is 5.96. The SMILES string of the molecule is CCNCS(=O)(=O)N1CC[C@H](Nc2nc(F)nc3c2ncn3CC)C1. The van der Waals surface area contributed by atoms with Gasteiger partial charge in [-0.05, 0) is 19.9 Å². The van der Waals surface area contributed by atoms with Crippen LogP contribution in [-0.4, -0.2) is 63.8 Å². The minimum atomic E-state index is -3.34. The lowest BCUT2D eigenvalue weighted by atomic mass is 10.2. The Morgan fingerprint density at radius 3 is 2.88 bits per heavy atom. The van der Waals surface area contributed by atoms with Gasteiger partial charge in [0.05, 0.1) is 6.33 Å². The Morgan fingerprint density at radius 2 is 2.16 bits per heavy atom. The molecule has 0 saturated carbocycles. The van der Waals surface area contributed by atoms with E-state index in [9.17, 15) is 12.8 Å². The number of hydrogen-bond acceptors (Lipinski definition) is 7. The highest BCUT2D eigenvalue weighted by molar-refractivity contribution is 7.89. The van der Waals surface area contributed by atoms with Crippen LogP contribution in [0.15, 0.2) is 6.33 Å². The zero-order valence-corrected chi connectivity index (χ0v) is 15.1. The number of fused-ring (bicyclic) bond motifs is 1. The highest BCUT2D eigenvalue weighted by atomic mass is 32.2. The van der Waals surface area contributed by atoms with Crippen molar-refractivity contribution >= 4 is 27.0 Å². The van der Waals surface area contributed by atoms with Crippen LogP contribution in [0.2, 0.25) is 0 Å². The summed E-state index contributed by atoms with van der Waals surface area (Å²) in [6.45, 7) is 5.71. The van der Waals surface area contributed by atoms with Gasteiger partial charge in [-0.2, -0.15) is 18.7 Å². The molecule has 0 bridgehead atoms. The fourth-order valence-electron chi connectivity index (χ4n) is 2.86. The van der Waals surface area contributed by atoms with E-state index in [0.29, 0.717) is 49.6 Å². The van der Waals surface area contributed by atoms with E-state index in [0.717, 1.165) is 0 Å². The van der Waals surface area contributed by atoms with Crippen molar-refractivity contribution in [1.82, 2.24) is 29.1 Å². The topological polar surface area (TPSA) is 105 Å². The van der Waals surface area contributed by atoms with Gasteiger partial charge in [0.25, 0.3) is 0 Å². The number of imidazole rings is 1. The van der Waals surface area contributed by atoms with Crippen molar-refractivity contribution in [3.05, 3.63) is 12.4 Å². The van der Waals surface area contributed by atoms with Crippen molar-refractivity contribution in [3.8, 4) is 0 Å². The first kappa shape index (κ1) is 18.0. The predicted octanol–water partition coefficient (Wildman–Crippen LogP) is 0.368. The summed E-state index contributed by atoms with van der Waals surface area (Å²) in [6.07, 6.45) is 1.37. The van der Waals surface area contributed by atoms with Gasteiger partial charge >= 0.3 is 6.08 Å². The van der Waals surface area contributed by atoms with Gasteiger partial charge in [0.2, 0.25) is 10.0 Å². The fourth-order valence-corrected chi connectivity index (χ4v) is 4.30. The summed E-state index contributed by atoms with van der Waals surface area (Å²) >= 11 is 0. The Bertz CT molecular complexity index is 854. The van der Waals surface area contributed by atoms with Crippen molar-refractivity contribution in [2.24, 2.45) is 0 Å². The molecule has 0 aromatic carbocycles. The minimum absolute atomic E-state index is 0.0799. The number of nitrogens with one attached hydrogen (secondary N) is 2. The molecule has 1 aliphatic rings. The number of aromatic nitrogens is 4. The fraction of sp³-hybridized carbons (Fsp3) is 0.643. The summed E-state index contributed by atoms with van der Waals surface area (Å²) in [5.41, 5.74) is 0.907. The smallest absolute Gasteiger partial charge is 0.312 e. The Balaban J connectivity index is 1.76. The van der Waals surface area contributed by atoms with E-state index in [4.69, 9.17) is 0 Å². The number of halogens is 1. The van der Waals surface area contributed by atoms with Gasteiger partial charge in [-0.15, -0.1) is 0 Å². The molecule has 1 atom stereocenters. The second-order valence-corrected chi connectivity index (χ2v) is 7.86. The van der Waals surface area contributed by atoms with E-state index in [1.165, 1.54) is 4.31 Å². The molecule has 0 aliphatic carbocycles. The van der Waals surface area contributed by atoms with Crippen molar-refractivity contribution in [1.29, 1.82) is 0 Å². The third-order valence-electron chi connectivity index (χ3n) is 4.20. The molecule has 138 valence electrons. The van der Waals surface area contributed by atoms with E-state index >= 15 is 0 Å². The molecule has 11 heteroatoms. The summed E-state index contributed by atoms with van der Waals surface area (Å²) < 4.78 is 41.4. The molecule has 3 rings (SSSR count). The number of anilines is 1. The first-order valence-electron chi connectivity index (χ1n) is 8.28. The first-order chi connectivity index (χ1) is 11.9. The van der Waals surface area contributed by atoms with Crippen LogP contribution in [0.3, 0.4) is 0 Å². The molecule has 0 unspecified atom stereocenters. The number of sulfonamides is 1. The maximum atomic E-state index is 13.8. The van der Waals surface area contributed by atoms with E-state index in [1.54, 1.807) is 10.9 Å². The molecule has 2 N–H and O–H groups in total. The van der Waals surface area contributed by atoms with Gasteiger partial charge in [0, 0.05) is 25.7 Å². The lowest BCUT2D eigenvalue weighted by Gasteiger charge is -2.17. The molecule has 3 heterocycles. The Hall–Kier alpha value is -1.85. The highest BCUT2D eigenvalue weighted by Gasteiger charge is 2.31. The van der Waals surface area contributed by atoms with Crippen LogP contribution in [0.1, 0.15) is 20.3 Å². The van der Waals surface area contributed by atoms with Gasteiger partial charge in [-0.1, -0.05) is 6.92 Å². The molecule has 0 spiro atoms. The number of nitrogens with zero attached hydrogens (tertiary/aromatic N) is 5. The molecule has 9 nitrogen and oxygen atoms in total. The lowest BCUT2D eigenvalue weighted by Crippen LogP contribution is -2.37. The Kier molecular flexibility index (Phi) is 5.16. The summed E-state index contributed by atoms with van der Waals surface area (Å²) in [6, 6.07) is -0.152. The van der Waals surface area contributed by atoms with E-state index in [1.807, 2.05) is 13.8 Å². The van der Waals surface area contributed by atoms with Crippen molar-refractivity contribution < 1.29 is 12.8 Å². The molecular weight excluding hydrogens is 349 g/mol. The predicted molar refractivity (Wildman–Crippen MR) is 92.0 cm³/mol. The molecular formula is C14H22FN7O2S. The van der Waals surface area contributed by atoms with E-state index in [-0.39, 0.29) is 11.9 Å². The summed E-state index contributed by atoms with van der Waals surface area (Å²) in [5.74, 6) is 0.217. The average molecular weight is 371 g/mol. The Labute approximate surface area is 145 Å². The van der Waals surface area contributed by atoms with Crippen LogP contribution < -0.4 is 10.6 Å². The number of aryl methyl sites for hydroxylation is 1. The minimum Gasteiger partial charge on any atom is -0.364 e. The molecule has 1 fully saturated rings. The van der Waals surface area contributed by atoms with E-state index in [2.05, 4.69) is 25.6 Å². The average Bonchev–Trinajstić information content (AvgIpc) is 3.20. The quantitative estimate of drug-likeness (QED) is 0.678. The molecule has 0 radical (unpaired) electrons. The normalized spacial score (nSPS) is 18.9. The van der Waals surface area contributed by atoms with Gasteiger partial charge in [0.1, 0.15) is 5.88 Å². The Morgan fingerprint density at radius 1 is 1.36 bits per heavy atom. The van der Waals surface area contributed by atoms with Crippen LogP contribution >= 0.6 is 0 Å². The third-order valence-corrected chi connectivity index (χ3v) is 5.88. The van der Waals surface area contributed by atoms with Crippen molar-refractivity contribution in [2.75, 3.05) is 30.8 Å². The molecule has 1 saturated heterocycles. The highest BCUT2D eigenvalue weighted by Crippen LogP contribution is 2.22. The van der Waals surface area contributed by atoms with Crippen LogP contribution in [0.5, 0.6) is 0 Å². The third kappa shape index (κ3) is 3.72. The molecule has 0 amide bonds. The number of hydrogen-bond donors (Lipinski definition) is 2. The molecule has 2 aromatic heterocycles. The first-order valence-corrected chi connectivity index (χ1v) is 9.89. The molecule has 1 aliphatic heterocycles. The second kappa shape index (κ2) is 7.18. The largest absolute Gasteiger partial charge is 0.364 e. The van der Waals surface area contributed by atoms with Gasteiger partial charge < -0.3 is 15.2 Å². The summed E-state index contributed by atoms with van der Waals surface area (Å²) in [4.78, 5) is 11.8. The van der Waals surface area contributed by atoms with Crippen molar-refractivity contribution in [3.63, 3.8) is 0 Å². The summed E-state index contributed by atoms with van der Waals surface area (Å²) in [7, 11) is -3.34. The molecule has 25 heavy (non-hydrogen) atoms. The zero-order chi connectivity index (χ0) is 18.0. The maximum absolute atomic E-state index is 13.8. The monoisotopic (exact) mass is 371 g/mol. The standard InChI is InChI=1S/C14H22FN7O2S/c1-3-16-9-25(23,24)22-6-5-10(7-22)18-12-11-13(20-14(15)19-12)21(4-2)8-17-11/h8,10,16H,3-7,9H2,1-2H3,(H,18,19,20)/t10-/m0/s1. The molecule has 2 aromatic rings. The van der Waals surface area contributed by atoms with Gasteiger partial charge in [-0.25, -0.2) is 13.4 Å². The second-order valence-electron chi connectivity index (χ2n) is 5.89. The van der Waals surface area contributed by atoms with Crippen LogP contribution in [-0.2, 0) is 16.6 Å². The number of rotatable bonds is 7. The van der Waals surface area contributed by atoms with E-state index < -0.39 is 16.1 Å². The van der Waals surface area contributed by atoms with Crippen molar-refractivity contribution in [2.45, 2.75) is 32.9 Å². The zero-order valence-electron chi connectivity index (χ0n) is 14.2. The van der Waals surface area contributed by atoms with Crippen LogP contribution in [0, 0.1) is 6.08 Å². The van der Waals surface area contributed by atoms with Crippen LogP contribution in [0.4, 0.5) is 10.2 Å².